The Morgan fingerprint density at radius 3 is 2.25 bits per heavy atom. The number of nitrogens with one attached hydrogen (secondary N) is 1. The number of hydrogen-bond donors (Lipinski definition) is 2. The third kappa shape index (κ3) is 4.68. The molecule has 0 saturated heterocycles. The van der Waals surface area contributed by atoms with Gasteiger partial charge in [-0.1, -0.05) is 84.4 Å². The Kier molecular flexibility index (Phi) is 6.99. The van der Waals surface area contributed by atoms with Crippen LogP contribution in [-0.2, 0) is 5.60 Å². The van der Waals surface area contributed by atoms with E-state index in [0.29, 0.717) is 30.2 Å². The summed E-state index contributed by atoms with van der Waals surface area (Å²) in [5.74, 6) is 0. The molecule has 0 aliphatic rings. The molecule has 1 atom stereocenters. The molecule has 3 aromatic carbocycles. The van der Waals surface area contributed by atoms with E-state index in [1.54, 1.807) is 6.21 Å². The van der Waals surface area contributed by atoms with Crippen LogP contribution >= 0.6 is 11.6 Å². The van der Waals surface area contributed by atoms with Gasteiger partial charge in [0.05, 0.1) is 6.54 Å². The number of benzene rings is 3. The van der Waals surface area contributed by atoms with Gasteiger partial charge < -0.3 is 10.4 Å². The van der Waals surface area contributed by atoms with Crippen molar-refractivity contribution in [3.05, 3.63) is 95.0 Å². The average molecular weight is 393 g/mol. The number of aliphatic imine (C=N–C) groups is 1. The summed E-state index contributed by atoms with van der Waals surface area (Å²) in [6, 6.07) is 25.6. The Hall–Kier alpha value is -2.46. The highest BCUT2D eigenvalue weighted by Crippen LogP contribution is 2.35. The molecule has 0 spiro atoms. The average Bonchev–Trinajstić information content (AvgIpc) is 2.74. The maximum absolute atomic E-state index is 11.7. The zero-order chi connectivity index (χ0) is 19.8. The Labute approximate surface area is 171 Å². The summed E-state index contributed by atoms with van der Waals surface area (Å²) in [5, 5.41) is 15.5. The van der Waals surface area contributed by atoms with Gasteiger partial charge in [0, 0.05) is 23.7 Å². The van der Waals surface area contributed by atoms with Crippen LogP contribution in [0.15, 0.2) is 83.9 Å². The van der Waals surface area contributed by atoms with Gasteiger partial charge >= 0.3 is 0 Å². The van der Waals surface area contributed by atoms with Gasteiger partial charge in [0.25, 0.3) is 0 Å². The maximum atomic E-state index is 11.7. The highest BCUT2D eigenvalue weighted by atomic mass is 35.5. The predicted octanol–water partition coefficient (Wildman–Crippen LogP) is 4.92. The Balaban J connectivity index is 1.91. The number of rotatable bonds is 8. The molecule has 0 radical (unpaired) electrons. The van der Waals surface area contributed by atoms with Gasteiger partial charge in [-0.3, -0.25) is 4.99 Å². The number of halogens is 1. The van der Waals surface area contributed by atoms with Crippen LogP contribution < -0.4 is 5.32 Å². The van der Waals surface area contributed by atoms with Crippen LogP contribution in [0.4, 0.5) is 0 Å². The highest BCUT2D eigenvalue weighted by molar-refractivity contribution is 6.31. The van der Waals surface area contributed by atoms with Gasteiger partial charge in [-0.25, -0.2) is 0 Å². The van der Waals surface area contributed by atoms with E-state index in [1.165, 1.54) is 0 Å². The van der Waals surface area contributed by atoms with Crippen LogP contribution in [0.2, 0.25) is 5.02 Å². The fourth-order valence-electron chi connectivity index (χ4n) is 3.26. The fourth-order valence-corrected chi connectivity index (χ4v) is 3.55. The monoisotopic (exact) mass is 392 g/mol. The first-order valence-corrected chi connectivity index (χ1v) is 9.81. The number of aliphatic hydroxyl groups is 1. The van der Waals surface area contributed by atoms with Crippen molar-refractivity contribution in [2.75, 3.05) is 19.6 Å². The zero-order valence-corrected chi connectivity index (χ0v) is 16.7. The summed E-state index contributed by atoms with van der Waals surface area (Å²) < 4.78 is 0. The minimum Gasteiger partial charge on any atom is -0.379 e. The van der Waals surface area contributed by atoms with E-state index < -0.39 is 5.60 Å². The summed E-state index contributed by atoms with van der Waals surface area (Å²) in [5.41, 5.74) is 2.51. The first kappa shape index (κ1) is 20.3. The summed E-state index contributed by atoms with van der Waals surface area (Å²) in [6.07, 6.45) is 1.78. The van der Waals surface area contributed by atoms with Crippen LogP contribution in [0.3, 0.4) is 0 Å². The van der Waals surface area contributed by atoms with Crippen LogP contribution in [0.5, 0.6) is 0 Å². The molecule has 3 aromatic rings. The molecular weight excluding hydrogens is 368 g/mol. The highest BCUT2D eigenvalue weighted by Gasteiger charge is 2.33. The van der Waals surface area contributed by atoms with E-state index in [-0.39, 0.29) is 0 Å². The van der Waals surface area contributed by atoms with Crippen molar-refractivity contribution in [2.45, 2.75) is 12.5 Å². The lowest BCUT2D eigenvalue weighted by atomic mass is 9.85. The first-order chi connectivity index (χ1) is 13.6. The molecule has 0 aliphatic heterocycles. The minimum absolute atomic E-state index is 0.348. The summed E-state index contributed by atoms with van der Waals surface area (Å²) in [4.78, 5) is 4.20. The molecule has 4 heteroatoms. The Morgan fingerprint density at radius 1 is 0.929 bits per heavy atom. The lowest BCUT2D eigenvalue weighted by Gasteiger charge is -2.31. The Bertz CT molecular complexity index is 909. The molecule has 2 N–H and O–H groups in total. The normalized spacial score (nSPS) is 13.5. The second-order valence-corrected chi connectivity index (χ2v) is 7.03. The standard InChI is InChI=1S/C24H25ClN2O/c1-2-26-16-17-27-18-24(28,22-10-6-7-11-23(22)25)21-14-12-20(13-15-21)19-8-4-3-5-9-19/h2-15,27-28H,16-18H2,1H3. The van der Waals surface area contributed by atoms with E-state index in [1.807, 2.05) is 73.7 Å². The van der Waals surface area contributed by atoms with Crippen molar-refractivity contribution in [1.82, 2.24) is 5.32 Å². The van der Waals surface area contributed by atoms with Gasteiger partial charge in [0.2, 0.25) is 0 Å². The van der Waals surface area contributed by atoms with E-state index in [0.717, 1.165) is 16.7 Å². The predicted molar refractivity (Wildman–Crippen MR) is 118 cm³/mol. The summed E-state index contributed by atoms with van der Waals surface area (Å²) in [7, 11) is 0. The molecule has 0 aliphatic carbocycles. The molecule has 0 saturated carbocycles. The quantitative estimate of drug-likeness (QED) is 0.422. The van der Waals surface area contributed by atoms with Crippen molar-refractivity contribution >= 4 is 17.8 Å². The third-order valence-electron chi connectivity index (χ3n) is 4.77. The third-order valence-corrected chi connectivity index (χ3v) is 5.10. The fraction of sp³-hybridized carbons (Fsp3) is 0.208. The van der Waals surface area contributed by atoms with Gasteiger partial charge in [0.15, 0.2) is 0 Å². The van der Waals surface area contributed by atoms with Crippen LogP contribution in [-0.4, -0.2) is 31.0 Å². The van der Waals surface area contributed by atoms with E-state index in [2.05, 4.69) is 22.4 Å². The molecule has 144 valence electrons. The molecule has 0 amide bonds. The van der Waals surface area contributed by atoms with E-state index in [4.69, 9.17) is 11.6 Å². The maximum Gasteiger partial charge on any atom is 0.128 e. The molecular formula is C24H25ClN2O. The van der Waals surface area contributed by atoms with Crippen LogP contribution in [0, 0.1) is 0 Å². The summed E-state index contributed by atoms with van der Waals surface area (Å²) in [6.45, 7) is 3.59. The number of nitrogens with zero attached hydrogens (tertiary/aromatic N) is 1. The molecule has 3 nitrogen and oxygen atoms in total. The molecule has 0 fully saturated rings. The van der Waals surface area contributed by atoms with Crippen LogP contribution in [0.1, 0.15) is 18.1 Å². The molecule has 0 bridgehead atoms. The second kappa shape index (κ2) is 9.65. The van der Waals surface area contributed by atoms with Gasteiger partial charge in [-0.05, 0) is 35.9 Å². The molecule has 0 heterocycles. The van der Waals surface area contributed by atoms with Crippen molar-refractivity contribution < 1.29 is 5.11 Å². The van der Waals surface area contributed by atoms with Gasteiger partial charge in [-0.2, -0.15) is 0 Å². The van der Waals surface area contributed by atoms with Crippen molar-refractivity contribution in [1.29, 1.82) is 0 Å². The van der Waals surface area contributed by atoms with Crippen molar-refractivity contribution in [3.8, 4) is 11.1 Å². The van der Waals surface area contributed by atoms with Crippen LogP contribution in [0.25, 0.3) is 11.1 Å². The SMILES string of the molecule is CC=NCCNCC(O)(c1ccc(-c2ccccc2)cc1)c1ccccc1Cl. The zero-order valence-electron chi connectivity index (χ0n) is 16.0. The van der Waals surface area contributed by atoms with Crippen molar-refractivity contribution in [3.63, 3.8) is 0 Å². The van der Waals surface area contributed by atoms with Gasteiger partial charge in [-0.15, -0.1) is 0 Å². The Morgan fingerprint density at radius 2 is 1.57 bits per heavy atom. The topological polar surface area (TPSA) is 44.6 Å². The second-order valence-electron chi connectivity index (χ2n) is 6.62. The largest absolute Gasteiger partial charge is 0.379 e. The lowest BCUT2D eigenvalue weighted by Crippen LogP contribution is -2.40. The molecule has 1 unspecified atom stereocenters. The molecule has 28 heavy (non-hydrogen) atoms. The molecule has 3 rings (SSSR count). The lowest BCUT2D eigenvalue weighted by molar-refractivity contribution is 0.0806. The van der Waals surface area contributed by atoms with Gasteiger partial charge in [0.1, 0.15) is 5.60 Å². The van der Waals surface area contributed by atoms with Crippen molar-refractivity contribution in [2.24, 2.45) is 4.99 Å². The molecule has 0 aromatic heterocycles. The summed E-state index contributed by atoms with van der Waals surface area (Å²) >= 11 is 6.44. The first-order valence-electron chi connectivity index (χ1n) is 9.43. The smallest absolute Gasteiger partial charge is 0.128 e. The van der Waals surface area contributed by atoms with E-state index in [9.17, 15) is 5.11 Å². The minimum atomic E-state index is -1.23. The van der Waals surface area contributed by atoms with E-state index >= 15 is 0 Å². The number of hydrogen-bond acceptors (Lipinski definition) is 3.